The van der Waals surface area contributed by atoms with Crippen LogP contribution in [0.1, 0.15) is 15.9 Å². The summed E-state index contributed by atoms with van der Waals surface area (Å²) in [4.78, 5) is 11.9. The lowest BCUT2D eigenvalue weighted by atomic mass is 10.2. The predicted octanol–water partition coefficient (Wildman–Crippen LogP) is 3.36. The fourth-order valence-electron chi connectivity index (χ4n) is 1.59. The maximum atomic E-state index is 12.7. The second-order valence-corrected chi connectivity index (χ2v) is 4.95. The van der Waals surface area contributed by atoms with Gasteiger partial charge < -0.3 is 4.74 Å². The molecule has 1 amide bonds. The highest BCUT2D eigenvalue weighted by Crippen LogP contribution is 2.25. The second kappa shape index (κ2) is 6.99. The van der Waals surface area contributed by atoms with Crippen LogP contribution in [0.4, 0.5) is 4.39 Å². The average Bonchev–Trinajstić information content (AvgIpc) is 2.49. The second-order valence-electron chi connectivity index (χ2n) is 4.10. The highest BCUT2D eigenvalue weighted by atomic mass is 79.9. The first-order chi connectivity index (χ1) is 10.1. The Morgan fingerprint density at radius 2 is 2.00 bits per heavy atom. The highest BCUT2D eigenvalue weighted by molar-refractivity contribution is 9.10. The van der Waals surface area contributed by atoms with E-state index in [4.69, 9.17) is 4.74 Å². The number of ether oxygens (including phenoxy) is 1. The zero-order valence-electron chi connectivity index (χ0n) is 11.1. The maximum absolute atomic E-state index is 12.7. The van der Waals surface area contributed by atoms with E-state index in [2.05, 4.69) is 26.5 Å². The summed E-state index contributed by atoms with van der Waals surface area (Å²) in [6.45, 7) is 0. The number of nitrogens with zero attached hydrogens (tertiary/aromatic N) is 1. The summed E-state index contributed by atoms with van der Waals surface area (Å²) in [6.07, 6.45) is 1.44. The molecule has 0 spiro atoms. The number of amides is 1. The van der Waals surface area contributed by atoms with Crippen LogP contribution in [-0.4, -0.2) is 19.2 Å². The molecule has 0 unspecified atom stereocenters. The van der Waals surface area contributed by atoms with Crippen molar-refractivity contribution in [2.24, 2.45) is 5.10 Å². The average molecular weight is 351 g/mol. The highest BCUT2D eigenvalue weighted by Gasteiger charge is 2.07. The SMILES string of the molecule is COc1ccc(C(=O)N/N=C/c2ccc(F)cc2)cc1Br. The topological polar surface area (TPSA) is 50.7 Å². The van der Waals surface area contributed by atoms with Crippen LogP contribution in [0, 0.1) is 5.82 Å². The van der Waals surface area contributed by atoms with Crippen molar-refractivity contribution in [1.29, 1.82) is 0 Å². The quantitative estimate of drug-likeness (QED) is 0.678. The largest absolute Gasteiger partial charge is 0.496 e. The molecule has 0 fully saturated rings. The van der Waals surface area contributed by atoms with Gasteiger partial charge >= 0.3 is 0 Å². The molecule has 0 saturated heterocycles. The number of hydrazone groups is 1. The molecule has 21 heavy (non-hydrogen) atoms. The molecule has 1 N–H and O–H groups in total. The van der Waals surface area contributed by atoms with E-state index in [1.807, 2.05) is 0 Å². The monoisotopic (exact) mass is 350 g/mol. The number of methoxy groups -OCH3 is 1. The van der Waals surface area contributed by atoms with Gasteiger partial charge in [-0.2, -0.15) is 5.10 Å². The molecule has 6 heteroatoms. The molecule has 108 valence electrons. The van der Waals surface area contributed by atoms with Gasteiger partial charge in [-0.1, -0.05) is 12.1 Å². The number of benzene rings is 2. The normalized spacial score (nSPS) is 10.6. The first kappa shape index (κ1) is 15.2. The van der Waals surface area contributed by atoms with Gasteiger partial charge in [-0.05, 0) is 51.8 Å². The van der Waals surface area contributed by atoms with Crippen molar-refractivity contribution in [2.45, 2.75) is 0 Å². The molecule has 0 aliphatic rings. The Hall–Kier alpha value is -2.21. The van der Waals surface area contributed by atoms with Crippen LogP contribution in [0.2, 0.25) is 0 Å². The number of rotatable bonds is 4. The van der Waals surface area contributed by atoms with E-state index in [0.29, 0.717) is 21.3 Å². The smallest absolute Gasteiger partial charge is 0.271 e. The van der Waals surface area contributed by atoms with Gasteiger partial charge in [-0.3, -0.25) is 4.79 Å². The first-order valence-electron chi connectivity index (χ1n) is 6.02. The first-order valence-corrected chi connectivity index (χ1v) is 6.82. The summed E-state index contributed by atoms with van der Waals surface area (Å²) in [5.41, 5.74) is 3.53. The molecular formula is C15H12BrFN2O2. The predicted molar refractivity (Wildman–Crippen MR) is 82.2 cm³/mol. The fourth-order valence-corrected chi connectivity index (χ4v) is 2.13. The minimum atomic E-state index is -0.350. The molecular weight excluding hydrogens is 339 g/mol. The Morgan fingerprint density at radius 3 is 2.62 bits per heavy atom. The van der Waals surface area contributed by atoms with E-state index in [9.17, 15) is 9.18 Å². The molecule has 0 saturated carbocycles. The summed E-state index contributed by atoms with van der Waals surface area (Å²) in [7, 11) is 1.55. The maximum Gasteiger partial charge on any atom is 0.271 e. The minimum absolute atomic E-state index is 0.320. The molecule has 2 aromatic rings. The molecule has 0 aliphatic heterocycles. The third kappa shape index (κ3) is 4.13. The van der Waals surface area contributed by atoms with Crippen molar-refractivity contribution in [1.82, 2.24) is 5.43 Å². The van der Waals surface area contributed by atoms with Gasteiger partial charge in [0.2, 0.25) is 0 Å². The van der Waals surface area contributed by atoms with Crippen molar-refractivity contribution < 1.29 is 13.9 Å². The summed E-state index contributed by atoms with van der Waals surface area (Å²) in [5, 5.41) is 3.83. The van der Waals surface area contributed by atoms with Crippen molar-refractivity contribution in [2.75, 3.05) is 7.11 Å². The van der Waals surface area contributed by atoms with Gasteiger partial charge in [-0.15, -0.1) is 0 Å². The third-order valence-electron chi connectivity index (χ3n) is 2.66. The Labute approximate surface area is 129 Å². The standard InChI is InChI=1S/C15H12BrFN2O2/c1-21-14-7-4-11(8-13(14)16)15(20)19-18-9-10-2-5-12(17)6-3-10/h2-9H,1H3,(H,19,20)/b18-9+. The third-order valence-corrected chi connectivity index (χ3v) is 3.28. The van der Waals surface area contributed by atoms with Crippen LogP contribution >= 0.6 is 15.9 Å². The molecule has 0 radical (unpaired) electrons. The lowest BCUT2D eigenvalue weighted by Crippen LogP contribution is -2.17. The van der Waals surface area contributed by atoms with Crippen molar-refractivity contribution in [3.05, 3.63) is 63.9 Å². The van der Waals surface area contributed by atoms with E-state index in [1.165, 1.54) is 18.3 Å². The van der Waals surface area contributed by atoms with Crippen LogP contribution in [0.3, 0.4) is 0 Å². The number of hydrogen-bond donors (Lipinski definition) is 1. The van der Waals surface area contributed by atoms with Gasteiger partial charge in [0.05, 0.1) is 17.8 Å². The van der Waals surface area contributed by atoms with Gasteiger partial charge in [0.25, 0.3) is 5.91 Å². The van der Waals surface area contributed by atoms with E-state index in [1.54, 1.807) is 37.4 Å². The minimum Gasteiger partial charge on any atom is -0.496 e. The van der Waals surface area contributed by atoms with E-state index in [-0.39, 0.29) is 11.7 Å². The van der Waals surface area contributed by atoms with E-state index in [0.717, 1.165) is 0 Å². The number of hydrogen-bond acceptors (Lipinski definition) is 3. The number of halogens is 2. The summed E-state index contributed by atoms with van der Waals surface area (Å²) in [5.74, 6) is -0.0302. The van der Waals surface area contributed by atoms with Crippen LogP contribution < -0.4 is 10.2 Å². The zero-order valence-corrected chi connectivity index (χ0v) is 12.7. The van der Waals surface area contributed by atoms with Crippen LogP contribution in [0.5, 0.6) is 5.75 Å². The van der Waals surface area contributed by atoms with Gasteiger partial charge in [0, 0.05) is 5.56 Å². The Kier molecular flexibility index (Phi) is 5.05. The molecule has 2 aromatic carbocycles. The molecule has 0 aliphatic carbocycles. The number of carbonyl (C=O) groups is 1. The molecule has 0 atom stereocenters. The van der Waals surface area contributed by atoms with Crippen molar-refractivity contribution in [3.8, 4) is 5.75 Å². The van der Waals surface area contributed by atoms with E-state index >= 15 is 0 Å². The van der Waals surface area contributed by atoms with Crippen LogP contribution in [0.25, 0.3) is 0 Å². The van der Waals surface area contributed by atoms with Gasteiger partial charge in [-0.25, -0.2) is 9.82 Å². The molecule has 4 nitrogen and oxygen atoms in total. The number of nitrogens with one attached hydrogen (secondary N) is 1. The van der Waals surface area contributed by atoms with Crippen molar-refractivity contribution >= 4 is 28.1 Å². The molecule has 0 heterocycles. The van der Waals surface area contributed by atoms with Gasteiger partial charge in [0.15, 0.2) is 0 Å². The lowest BCUT2D eigenvalue weighted by Gasteiger charge is -2.05. The zero-order chi connectivity index (χ0) is 15.2. The molecule has 0 bridgehead atoms. The summed E-state index contributed by atoms with van der Waals surface area (Å²) >= 11 is 3.31. The number of carbonyl (C=O) groups excluding carboxylic acids is 1. The summed E-state index contributed by atoms with van der Waals surface area (Å²) < 4.78 is 18.5. The lowest BCUT2D eigenvalue weighted by molar-refractivity contribution is 0.0955. The van der Waals surface area contributed by atoms with Gasteiger partial charge in [0.1, 0.15) is 11.6 Å². The fraction of sp³-hybridized carbons (Fsp3) is 0.0667. The van der Waals surface area contributed by atoms with E-state index < -0.39 is 0 Å². The Balaban J connectivity index is 2.01. The van der Waals surface area contributed by atoms with Crippen molar-refractivity contribution in [3.63, 3.8) is 0 Å². The van der Waals surface area contributed by atoms with Crippen LogP contribution in [0.15, 0.2) is 52.0 Å². The Morgan fingerprint density at radius 1 is 1.29 bits per heavy atom. The molecule has 2 rings (SSSR count). The van der Waals surface area contributed by atoms with Crippen LogP contribution in [-0.2, 0) is 0 Å². The molecule has 0 aromatic heterocycles. The summed E-state index contributed by atoms with van der Waals surface area (Å²) in [6, 6.07) is 10.7. The Bertz CT molecular complexity index is 672.